The molecular weight excluding hydrogens is 191 g/mol. The van der Waals surface area contributed by atoms with Gasteiger partial charge >= 0.3 is 0 Å². The maximum absolute atomic E-state index is 13.0. The van der Waals surface area contributed by atoms with E-state index in [1.807, 2.05) is 12.1 Å². The van der Waals surface area contributed by atoms with Gasteiger partial charge in [-0.3, -0.25) is 0 Å². The van der Waals surface area contributed by atoms with Crippen molar-refractivity contribution in [3.63, 3.8) is 0 Å². The fourth-order valence-electron chi connectivity index (χ4n) is 1.59. The second kappa shape index (κ2) is 3.65. The number of hydrogen-bond donors (Lipinski definition) is 0. The van der Waals surface area contributed by atoms with Gasteiger partial charge in [0.05, 0.1) is 5.52 Å². The van der Waals surface area contributed by atoms with Gasteiger partial charge in [-0.1, -0.05) is 26.0 Å². The highest BCUT2D eigenvalue weighted by atomic mass is 19.1. The second-order valence-corrected chi connectivity index (χ2v) is 4.16. The Labute approximate surface area is 88.7 Å². The lowest BCUT2D eigenvalue weighted by Crippen LogP contribution is -1.98. The van der Waals surface area contributed by atoms with Crippen LogP contribution in [0.1, 0.15) is 38.5 Å². The molecule has 80 valence electrons. The van der Waals surface area contributed by atoms with Crippen LogP contribution in [0.3, 0.4) is 0 Å². The van der Waals surface area contributed by atoms with Crippen LogP contribution >= 0.6 is 0 Å². The number of alkyl halides is 1. The zero-order chi connectivity index (χ0) is 11.0. The van der Waals surface area contributed by atoms with E-state index in [2.05, 4.69) is 25.0 Å². The SMILES string of the molecule is CC(C)c1ccc2cn(C(C)F)nc2c1. The molecule has 1 heterocycles. The Morgan fingerprint density at radius 1 is 1.27 bits per heavy atom. The summed E-state index contributed by atoms with van der Waals surface area (Å²) in [5.74, 6) is 0.474. The number of hydrogen-bond acceptors (Lipinski definition) is 1. The number of aromatic nitrogens is 2. The van der Waals surface area contributed by atoms with Gasteiger partial charge < -0.3 is 0 Å². The van der Waals surface area contributed by atoms with E-state index in [-0.39, 0.29) is 0 Å². The Hall–Kier alpha value is -1.38. The topological polar surface area (TPSA) is 17.8 Å². The Bertz CT molecular complexity index is 465. The molecule has 3 heteroatoms. The summed E-state index contributed by atoms with van der Waals surface area (Å²) in [5, 5.41) is 5.19. The van der Waals surface area contributed by atoms with Crippen molar-refractivity contribution in [2.45, 2.75) is 33.0 Å². The van der Waals surface area contributed by atoms with Crippen molar-refractivity contribution < 1.29 is 4.39 Å². The van der Waals surface area contributed by atoms with Crippen molar-refractivity contribution in [2.75, 3.05) is 0 Å². The van der Waals surface area contributed by atoms with Gasteiger partial charge in [0.15, 0.2) is 6.30 Å². The van der Waals surface area contributed by atoms with Crippen LogP contribution in [0.4, 0.5) is 4.39 Å². The summed E-state index contributed by atoms with van der Waals surface area (Å²) in [5.41, 5.74) is 2.10. The van der Waals surface area contributed by atoms with E-state index < -0.39 is 6.30 Å². The van der Waals surface area contributed by atoms with Crippen LogP contribution in [0.2, 0.25) is 0 Å². The summed E-state index contributed by atoms with van der Waals surface area (Å²) >= 11 is 0. The van der Waals surface area contributed by atoms with E-state index >= 15 is 0 Å². The lowest BCUT2D eigenvalue weighted by atomic mass is 10.0. The Morgan fingerprint density at radius 3 is 2.60 bits per heavy atom. The predicted molar refractivity (Wildman–Crippen MR) is 59.6 cm³/mol. The van der Waals surface area contributed by atoms with Crippen LogP contribution < -0.4 is 0 Å². The highest BCUT2D eigenvalue weighted by Crippen LogP contribution is 2.21. The van der Waals surface area contributed by atoms with E-state index in [9.17, 15) is 4.39 Å². The molecule has 1 unspecified atom stereocenters. The number of halogens is 1. The van der Waals surface area contributed by atoms with Crippen molar-refractivity contribution in [3.05, 3.63) is 30.0 Å². The molecule has 0 aliphatic carbocycles. The highest BCUT2D eigenvalue weighted by molar-refractivity contribution is 5.78. The minimum Gasteiger partial charge on any atom is -0.238 e. The van der Waals surface area contributed by atoms with Crippen molar-refractivity contribution in [1.82, 2.24) is 9.78 Å². The molecule has 0 fully saturated rings. The third kappa shape index (κ3) is 1.87. The van der Waals surface area contributed by atoms with E-state index in [1.165, 1.54) is 17.2 Å². The summed E-state index contributed by atoms with van der Waals surface area (Å²) in [6.07, 6.45) is 0.671. The van der Waals surface area contributed by atoms with Crippen LogP contribution in [0, 0.1) is 0 Å². The van der Waals surface area contributed by atoms with Gasteiger partial charge in [-0.05, 0) is 24.5 Å². The molecule has 0 aliphatic rings. The number of fused-ring (bicyclic) bond motifs is 1. The van der Waals surface area contributed by atoms with Gasteiger partial charge in [0.25, 0.3) is 0 Å². The van der Waals surface area contributed by atoms with Gasteiger partial charge in [-0.25, -0.2) is 9.07 Å². The third-order valence-corrected chi connectivity index (χ3v) is 2.58. The maximum atomic E-state index is 13.0. The molecular formula is C12H15FN2. The smallest absolute Gasteiger partial charge is 0.188 e. The summed E-state index contributed by atoms with van der Waals surface area (Å²) in [6, 6.07) is 6.09. The molecule has 1 atom stereocenters. The predicted octanol–water partition coefficient (Wildman–Crippen LogP) is 3.65. The number of nitrogens with zero attached hydrogens (tertiary/aromatic N) is 2. The Balaban J connectivity index is 2.52. The van der Waals surface area contributed by atoms with Crippen LogP contribution in [0.25, 0.3) is 10.9 Å². The van der Waals surface area contributed by atoms with Crippen LogP contribution in [-0.2, 0) is 0 Å². The fourth-order valence-corrected chi connectivity index (χ4v) is 1.59. The first-order valence-electron chi connectivity index (χ1n) is 5.21. The van der Waals surface area contributed by atoms with E-state index in [1.54, 1.807) is 6.20 Å². The molecule has 1 aromatic heterocycles. The van der Waals surface area contributed by atoms with Crippen LogP contribution in [0.5, 0.6) is 0 Å². The third-order valence-electron chi connectivity index (χ3n) is 2.58. The van der Waals surface area contributed by atoms with Crippen molar-refractivity contribution in [2.24, 2.45) is 0 Å². The van der Waals surface area contributed by atoms with Crippen molar-refractivity contribution >= 4 is 10.9 Å². The van der Waals surface area contributed by atoms with E-state index in [4.69, 9.17) is 0 Å². The van der Waals surface area contributed by atoms with E-state index in [0.717, 1.165) is 10.9 Å². The minimum atomic E-state index is -1.07. The van der Waals surface area contributed by atoms with Gasteiger partial charge in [0, 0.05) is 11.6 Å². The molecule has 2 rings (SSSR count). The summed E-state index contributed by atoms with van der Waals surface area (Å²) in [6.45, 7) is 5.75. The normalized spacial score (nSPS) is 13.7. The van der Waals surface area contributed by atoms with Gasteiger partial charge in [-0.2, -0.15) is 5.10 Å². The number of rotatable bonds is 2. The fraction of sp³-hybridized carbons (Fsp3) is 0.417. The first kappa shape index (κ1) is 10.1. The molecule has 0 bridgehead atoms. The van der Waals surface area contributed by atoms with Crippen molar-refractivity contribution in [1.29, 1.82) is 0 Å². The lowest BCUT2D eigenvalue weighted by Gasteiger charge is -2.03. The average Bonchev–Trinajstić information content (AvgIpc) is 2.59. The summed E-state index contributed by atoms with van der Waals surface area (Å²) in [4.78, 5) is 0. The molecule has 2 nitrogen and oxygen atoms in total. The first-order valence-corrected chi connectivity index (χ1v) is 5.21. The Kier molecular flexibility index (Phi) is 2.47. The molecule has 0 spiro atoms. The van der Waals surface area contributed by atoms with E-state index in [0.29, 0.717) is 5.92 Å². The zero-order valence-corrected chi connectivity index (χ0v) is 9.24. The zero-order valence-electron chi connectivity index (χ0n) is 9.24. The first-order chi connectivity index (χ1) is 7.08. The maximum Gasteiger partial charge on any atom is 0.188 e. The van der Waals surface area contributed by atoms with Crippen LogP contribution in [0.15, 0.2) is 24.4 Å². The monoisotopic (exact) mass is 206 g/mol. The standard InChI is InChI=1S/C12H15FN2/c1-8(2)10-4-5-11-7-15(9(3)13)14-12(11)6-10/h4-9H,1-3H3. The van der Waals surface area contributed by atoms with Crippen LogP contribution in [-0.4, -0.2) is 9.78 Å². The largest absolute Gasteiger partial charge is 0.238 e. The molecule has 15 heavy (non-hydrogen) atoms. The molecule has 0 saturated carbocycles. The number of benzene rings is 1. The molecule has 0 aliphatic heterocycles. The summed E-state index contributed by atoms with van der Waals surface area (Å²) < 4.78 is 14.4. The second-order valence-electron chi connectivity index (χ2n) is 4.16. The lowest BCUT2D eigenvalue weighted by molar-refractivity contribution is 0.247. The molecule has 1 aromatic carbocycles. The molecule has 2 aromatic rings. The van der Waals surface area contributed by atoms with Gasteiger partial charge in [0.1, 0.15) is 0 Å². The molecule has 0 radical (unpaired) electrons. The minimum absolute atomic E-state index is 0.474. The molecule has 0 amide bonds. The molecule has 0 N–H and O–H groups in total. The van der Waals surface area contributed by atoms with Gasteiger partial charge in [0.2, 0.25) is 0 Å². The van der Waals surface area contributed by atoms with Gasteiger partial charge in [-0.15, -0.1) is 0 Å². The highest BCUT2D eigenvalue weighted by Gasteiger charge is 2.07. The van der Waals surface area contributed by atoms with Crippen molar-refractivity contribution in [3.8, 4) is 0 Å². The summed E-state index contributed by atoms with van der Waals surface area (Å²) in [7, 11) is 0. The molecule has 0 saturated heterocycles. The average molecular weight is 206 g/mol. The Morgan fingerprint density at radius 2 is 2.00 bits per heavy atom. The quantitative estimate of drug-likeness (QED) is 0.733.